The monoisotopic (exact) mass is 1070 g/mol. The number of hydrazine groups is 1. The molecule has 5 rings (SSSR count). The highest BCUT2D eigenvalue weighted by Gasteiger charge is 2.46. The lowest BCUT2D eigenvalue weighted by Crippen LogP contribution is -2.57. The normalized spacial score (nSPS) is 20.2. The first kappa shape index (κ1) is 63.5. The van der Waals surface area contributed by atoms with Crippen molar-refractivity contribution in [1.29, 1.82) is 0 Å². The smallest absolute Gasteiger partial charge is 0.291 e. The van der Waals surface area contributed by atoms with Gasteiger partial charge < -0.3 is 24.0 Å². The number of nitrogens with zero attached hydrogens (tertiary/aromatic N) is 6. The van der Waals surface area contributed by atoms with Gasteiger partial charge >= 0.3 is 0 Å². The van der Waals surface area contributed by atoms with Gasteiger partial charge in [0, 0.05) is 69.2 Å². The molecule has 20 nitrogen and oxygen atoms in total. The summed E-state index contributed by atoms with van der Waals surface area (Å²) in [5.74, 6) is -4.99. The van der Waals surface area contributed by atoms with Gasteiger partial charge in [-0.15, -0.1) is 10.2 Å². The van der Waals surface area contributed by atoms with Gasteiger partial charge in [-0.25, -0.2) is 4.21 Å². The Morgan fingerprint density at radius 1 is 0.500 bits per heavy atom. The Kier molecular flexibility index (Phi) is 23.4. The van der Waals surface area contributed by atoms with Crippen molar-refractivity contribution in [2.24, 2.45) is 21.7 Å². The van der Waals surface area contributed by atoms with E-state index in [0.717, 1.165) is 12.8 Å². The van der Waals surface area contributed by atoms with E-state index in [1.807, 2.05) is 27.7 Å². The van der Waals surface area contributed by atoms with Crippen LogP contribution < -0.4 is 10.9 Å². The lowest BCUT2D eigenvalue weighted by molar-refractivity contribution is -0.152. The van der Waals surface area contributed by atoms with E-state index in [-0.39, 0.29) is 32.3 Å². The average molecular weight is 1070 g/mol. The molecule has 72 heavy (non-hydrogen) atoms. The van der Waals surface area contributed by atoms with E-state index in [2.05, 4.69) is 42.4 Å². The summed E-state index contributed by atoms with van der Waals surface area (Å²) < 4.78 is 15.0. The fraction of sp³-hybridized carbons (Fsp3) is 0.755. The predicted molar refractivity (Wildman–Crippen MR) is 270 cm³/mol. The molecule has 0 aromatic carbocycles. The lowest BCUT2D eigenvalue weighted by atomic mass is 9.84. The molecule has 4 aliphatic heterocycles. The van der Waals surface area contributed by atoms with Crippen molar-refractivity contribution in [2.75, 3.05) is 26.2 Å². The number of carbonyl (C=O) groups is 10. The molecule has 23 heteroatoms. The van der Waals surface area contributed by atoms with Crippen LogP contribution in [-0.2, 0) is 57.2 Å². The maximum absolute atomic E-state index is 12.9. The Labute approximate surface area is 435 Å². The van der Waals surface area contributed by atoms with E-state index in [1.165, 1.54) is 19.6 Å². The number of likely N-dealkylation sites (tertiary alicyclic amines) is 4. The number of aromatic nitrogens is 2. The fourth-order valence-electron chi connectivity index (χ4n) is 8.23. The van der Waals surface area contributed by atoms with Crippen molar-refractivity contribution in [1.82, 2.24) is 40.6 Å². The van der Waals surface area contributed by atoms with Crippen molar-refractivity contribution in [2.45, 2.75) is 192 Å². The van der Waals surface area contributed by atoms with Gasteiger partial charge in [-0.3, -0.25) is 58.8 Å². The van der Waals surface area contributed by atoms with Crippen LogP contribution in [-0.4, -0.2) is 131 Å². The third-order valence-electron chi connectivity index (χ3n) is 14.8. The van der Waals surface area contributed by atoms with Crippen LogP contribution in [0.25, 0.3) is 0 Å². The van der Waals surface area contributed by atoms with E-state index >= 15 is 0 Å². The van der Waals surface area contributed by atoms with Gasteiger partial charge in [-0.05, 0) is 77.0 Å². The molecule has 0 radical (unpaired) electrons. The van der Waals surface area contributed by atoms with E-state index in [4.69, 9.17) is 8.63 Å². The Balaban J connectivity index is 0.000000453. The summed E-state index contributed by atoms with van der Waals surface area (Å²) in [6, 6.07) is -2.64. The molecule has 406 valence electrons. The molecule has 0 saturated carbocycles. The number of rotatable bonds is 16. The summed E-state index contributed by atoms with van der Waals surface area (Å²) in [5, 5.41) is 8.35. The van der Waals surface area contributed by atoms with Gasteiger partial charge in [0.15, 0.2) is 0 Å². The largest absolute Gasteiger partial charge is 0.421 e. The minimum absolute atomic E-state index is 0. The summed E-state index contributed by atoms with van der Waals surface area (Å²) in [6.45, 7) is 22.8. The van der Waals surface area contributed by atoms with Crippen LogP contribution >= 0.6 is 21.4 Å². The maximum Gasteiger partial charge on any atom is 0.291 e. The van der Waals surface area contributed by atoms with Crippen LogP contribution in [0.5, 0.6) is 0 Å². The molecule has 4 aliphatic rings. The fourth-order valence-corrected chi connectivity index (χ4v) is 8.23. The Morgan fingerprint density at radius 3 is 1.00 bits per heavy atom. The number of carbonyl (C=O) groups excluding carboxylic acids is 10. The molecule has 0 spiro atoms. The third kappa shape index (κ3) is 15.2. The first-order chi connectivity index (χ1) is 33.0. The Hall–Kier alpha value is -4.63. The number of Topliss-reactive ketones (excluding diaryl/α,β-unsaturated/α-hetero) is 4. The second-order valence-electron chi connectivity index (χ2n) is 21.0. The Bertz CT molecular complexity index is 2070. The number of ketones is 4. The van der Waals surface area contributed by atoms with Crippen LogP contribution in [0.15, 0.2) is 4.42 Å². The summed E-state index contributed by atoms with van der Waals surface area (Å²) in [7, 11) is 7.36. The minimum atomic E-state index is -1.67. The number of halogens is 2. The van der Waals surface area contributed by atoms with Crippen LogP contribution in [0.1, 0.15) is 191 Å². The molecular formula is C49H78Cl2N8O12S. The molecule has 4 saturated heterocycles. The highest BCUT2D eigenvalue weighted by atomic mass is 36.0. The van der Waals surface area contributed by atoms with E-state index in [0.29, 0.717) is 77.3 Å². The molecule has 5 heterocycles. The summed E-state index contributed by atoms with van der Waals surface area (Å²) in [5.41, 5.74) is 1.58. The topological polar surface area (TPSA) is 264 Å². The highest BCUT2D eigenvalue weighted by molar-refractivity contribution is 8.26. The SMILES string of the molecule is C.CCC(C)(C)C(=O)C(=O)N1CCCC1C(=O)NNC(=O)[C@@H]1CCCN1C(=O)C(=O)C(C)(C)CC.CCC(C)(C)C(=O)C(=O)N1CCCC1c1nnc([C@@H]2CCCN2C(=O)C(=O)C(C)(C)CC)o1.O=S(Cl)Cl. The molecule has 6 amide bonds. The third-order valence-corrected chi connectivity index (χ3v) is 14.8. The van der Waals surface area contributed by atoms with Crippen molar-refractivity contribution >= 4 is 89.2 Å². The molecule has 4 atom stereocenters. The van der Waals surface area contributed by atoms with Gasteiger partial charge in [-0.1, -0.05) is 90.5 Å². The number of hydrogen-bond acceptors (Lipinski definition) is 14. The van der Waals surface area contributed by atoms with Crippen LogP contribution in [0.2, 0.25) is 0 Å². The number of amides is 6. The molecule has 4 fully saturated rings. The van der Waals surface area contributed by atoms with E-state index in [9.17, 15) is 47.9 Å². The molecule has 1 aromatic heterocycles. The minimum Gasteiger partial charge on any atom is -0.421 e. The molecule has 2 N–H and O–H groups in total. The molecular weight excluding hydrogens is 996 g/mol. The first-order valence-electron chi connectivity index (χ1n) is 24.5. The summed E-state index contributed by atoms with van der Waals surface area (Å²) in [4.78, 5) is 133. The van der Waals surface area contributed by atoms with E-state index in [1.54, 1.807) is 55.4 Å². The maximum atomic E-state index is 12.9. The van der Waals surface area contributed by atoms with Crippen LogP contribution in [0.3, 0.4) is 0 Å². The zero-order valence-corrected chi connectivity index (χ0v) is 45.7. The zero-order valence-electron chi connectivity index (χ0n) is 43.4. The predicted octanol–water partition coefficient (Wildman–Crippen LogP) is 6.21. The molecule has 2 unspecified atom stereocenters. The number of hydrogen-bond donors (Lipinski definition) is 2. The lowest BCUT2D eigenvalue weighted by Gasteiger charge is -2.29. The summed E-state index contributed by atoms with van der Waals surface area (Å²) >= 11 is 0. The quantitative estimate of drug-likeness (QED) is 0.106. The van der Waals surface area contributed by atoms with Gasteiger partial charge in [0.2, 0.25) is 44.1 Å². The number of nitrogens with one attached hydrogen (secondary N) is 2. The Morgan fingerprint density at radius 2 is 0.736 bits per heavy atom. The van der Waals surface area contributed by atoms with Gasteiger partial charge in [-0.2, -0.15) is 0 Å². The van der Waals surface area contributed by atoms with Gasteiger partial charge in [0.1, 0.15) is 24.2 Å². The molecule has 0 aliphatic carbocycles. The van der Waals surface area contributed by atoms with Crippen molar-refractivity contribution < 1.29 is 56.6 Å². The standard InChI is InChI=1S/C24H38N4O6.C24H36N4O5.CH4.Cl2OS/c1-7-23(3,4)17(29)21(33)27-13-9-11-15(27)19(31)25-26-20(32)16-12-10-14-28(16)22(34)18(30)24(5,6)8-2;1-7-23(3,4)17(29)21(31)27-13-9-11-15(27)19-25-26-20(33-19)16-12-10-14-28(16)22(32)18(30)24(5,6)8-2;;1-4(2)3/h15-16H,7-14H2,1-6H3,(H,25,31)(H,26,32);15-16H,7-14H2,1-6H3;1H4;/t2*15-,16?;;/m00../s1. The average Bonchev–Trinajstić information content (AvgIpc) is 4.20. The molecule has 1 aromatic rings. The first-order valence-corrected chi connectivity index (χ1v) is 27.3. The van der Waals surface area contributed by atoms with Crippen molar-refractivity contribution in [3.8, 4) is 0 Å². The molecule has 0 bridgehead atoms. The van der Waals surface area contributed by atoms with Gasteiger partial charge in [0.25, 0.3) is 35.4 Å². The summed E-state index contributed by atoms with van der Waals surface area (Å²) in [6.07, 6.45) is 6.75. The highest BCUT2D eigenvalue weighted by Crippen LogP contribution is 2.38. The van der Waals surface area contributed by atoms with Crippen molar-refractivity contribution in [3.63, 3.8) is 0 Å². The van der Waals surface area contributed by atoms with Crippen LogP contribution in [0.4, 0.5) is 0 Å². The van der Waals surface area contributed by atoms with Gasteiger partial charge in [0.05, 0.1) is 0 Å². The van der Waals surface area contributed by atoms with E-state index < -0.39 is 114 Å². The van der Waals surface area contributed by atoms with Crippen molar-refractivity contribution in [3.05, 3.63) is 11.8 Å². The zero-order chi connectivity index (χ0) is 54.0. The second-order valence-corrected chi connectivity index (χ2v) is 23.6. The van der Waals surface area contributed by atoms with Crippen LogP contribution in [0, 0.1) is 21.7 Å². The second kappa shape index (κ2) is 26.5.